The van der Waals surface area contributed by atoms with Gasteiger partial charge in [-0.1, -0.05) is 52.4 Å². The lowest BCUT2D eigenvalue weighted by atomic mass is 9.83. The minimum absolute atomic E-state index is 0.320. The van der Waals surface area contributed by atoms with E-state index in [9.17, 15) is 4.79 Å². The summed E-state index contributed by atoms with van der Waals surface area (Å²) in [6, 6.07) is 0. The Morgan fingerprint density at radius 1 is 1.05 bits per heavy atom. The summed E-state index contributed by atoms with van der Waals surface area (Å²) in [5.74, 6) is 2.02. The van der Waals surface area contributed by atoms with Crippen molar-refractivity contribution in [3.05, 3.63) is 0 Å². The SMILES string of the molecule is CCCCCCCCCC(=O)C1C(C)CCC1CCOC. The van der Waals surface area contributed by atoms with E-state index in [0.717, 1.165) is 25.9 Å². The first-order chi connectivity index (χ1) is 10.2. The summed E-state index contributed by atoms with van der Waals surface area (Å²) in [6.45, 7) is 5.32. The lowest BCUT2D eigenvalue weighted by molar-refractivity contribution is -0.125. The van der Waals surface area contributed by atoms with E-state index < -0.39 is 0 Å². The Kier molecular flexibility index (Phi) is 9.99. The number of rotatable bonds is 12. The molecule has 1 rings (SSSR count). The van der Waals surface area contributed by atoms with Crippen molar-refractivity contribution in [1.29, 1.82) is 0 Å². The summed E-state index contributed by atoms with van der Waals surface area (Å²) >= 11 is 0. The Hall–Kier alpha value is -0.370. The van der Waals surface area contributed by atoms with E-state index >= 15 is 0 Å². The number of hydrogen-bond donors (Lipinski definition) is 0. The van der Waals surface area contributed by atoms with Gasteiger partial charge in [-0.15, -0.1) is 0 Å². The molecule has 1 fully saturated rings. The molecular formula is C19H36O2. The van der Waals surface area contributed by atoms with Crippen LogP contribution in [-0.2, 0) is 9.53 Å². The second-order valence-electron chi connectivity index (χ2n) is 6.96. The Morgan fingerprint density at radius 3 is 2.38 bits per heavy atom. The summed E-state index contributed by atoms with van der Waals surface area (Å²) in [7, 11) is 1.76. The van der Waals surface area contributed by atoms with Crippen molar-refractivity contribution < 1.29 is 9.53 Å². The Labute approximate surface area is 132 Å². The molecule has 0 heterocycles. The van der Waals surface area contributed by atoms with Gasteiger partial charge in [-0.2, -0.15) is 0 Å². The molecule has 0 aromatic heterocycles. The predicted octanol–water partition coefficient (Wildman–Crippen LogP) is 5.40. The molecule has 0 spiro atoms. The topological polar surface area (TPSA) is 26.3 Å². The van der Waals surface area contributed by atoms with Crippen LogP contribution in [0, 0.1) is 17.8 Å². The first-order valence-corrected chi connectivity index (χ1v) is 9.22. The molecule has 0 aromatic carbocycles. The molecule has 2 heteroatoms. The van der Waals surface area contributed by atoms with Crippen LogP contribution in [-0.4, -0.2) is 19.5 Å². The van der Waals surface area contributed by atoms with E-state index in [-0.39, 0.29) is 0 Å². The second kappa shape index (κ2) is 11.2. The Balaban J connectivity index is 2.19. The summed E-state index contributed by atoms with van der Waals surface area (Å²) in [5, 5.41) is 0. The zero-order chi connectivity index (χ0) is 15.5. The van der Waals surface area contributed by atoms with Gasteiger partial charge in [-0.05, 0) is 37.5 Å². The minimum atomic E-state index is 0.320. The van der Waals surface area contributed by atoms with Gasteiger partial charge in [0.2, 0.25) is 0 Å². The highest BCUT2D eigenvalue weighted by molar-refractivity contribution is 5.81. The molecule has 2 nitrogen and oxygen atoms in total. The van der Waals surface area contributed by atoms with Crippen LogP contribution in [0.25, 0.3) is 0 Å². The zero-order valence-corrected chi connectivity index (χ0v) is 14.5. The van der Waals surface area contributed by atoms with Crippen LogP contribution in [0.3, 0.4) is 0 Å². The summed E-state index contributed by atoms with van der Waals surface area (Å²) < 4.78 is 5.20. The third kappa shape index (κ3) is 6.95. The van der Waals surface area contributed by atoms with Crippen LogP contribution in [0.4, 0.5) is 0 Å². The number of carbonyl (C=O) groups excluding carboxylic acids is 1. The van der Waals surface area contributed by atoms with E-state index in [4.69, 9.17) is 4.74 Å². The summed E-state index contributed by atoms with van der Waals surface area (Å²) in [4.78, 5) is 12.5. The fraction of sp³-hybridized carbons (Fsp3) is 0.947. The van der Waals surface area contributed by atoms with Gasteiger partial charge in [0.1, 0.15) is 5.78 Å². The third-order valence-corrected chi connectivity index (χ3v) is 5.20. The van der Waals surface area contributed by atoms with Crippen LogP contribution in [0.5, 0.6) is 0 Å². The lowest BCUT2D eigenvalue weighted by Crippen LogP contribution is -2.24. The van der Waals surface area contributed by atoms with Crippen LogP contribution >= 0.6 is 0 Å². The molecule has 0 saturated heterocycles. The maximum Gasteiger partial charge on any atom is 0.136 e. The molecule has 3 unspecified atom stereocenters. The molecule has 0 radical (unpaired) electrons. The molecule has 0 bridgehead atoms. The molecule has 0 amide bonds. The first kappa shape index (κ1) is 18.7. The normalized spacial score (nSPS) is 25.4. The van der Waals surface area contributed by atoms with Gasteiger partial charge < -0.3 is 4.74 Å². The number of ether oxygens (including phenoxy) is 1. The maximum atomic E-state index is 12.5. The van der Waals surface area contributed by atoms with Gasteiger partial charge in [0.15, 0.2) is 0 Å². The molecule has 0 aromatic rings. The number of carbonyl (C=O) groups is 1. The van der Waals surface area contributed by atoms with Crippen molar-refractivity contribution in [3.63, 3.8) is 0 Å². The number of unbranched alkanes of at least 4 members (excludes halogenated alkanes) is 6. The smallest absolute Gasteiger partial charge is 0.136 e. The average molecular weight is 296 g/mol. The van der Waals surface area contributed by atoms with Gasteiger partial charge in [-0.3, -0.25) is 4.79 Å². The fourth-order valence-electron chi connectivity index (χ4n) is 3.90. The highest BCUT2D eigenvalue weighted by Gasteiger charge is 2.37. The number of Topliss-reactive ketones (excluding diaryl/α,β-unsaturated/α-hetero) is 1. The van der Waals surface area contributed by atoms with Crippen LogP contribution in [0.15, 0.2) is 0 Å². The maximum absolute atomic E-state index is 12.5. The van der Waals surface area contributed by atoms with Gasteiger partial charge >= 0.3 is 0 Å². The highest BCUT2D eigenvalue weighted by Crippen LogP contribution is 2.40. The average Bonchev–Trinajstić information content (AvgIpc) is 2.85. The van der Waals surface area contributed by atoms with Crippen molar-refractivity contribution in [1.82, 2.24) is 0 Å². The molecule has 124 valence electrons. The summed E-state index contributed by atoms with van der Waals surface area (Å²) in [5.41, 5.74) is 0. The molecule has 0 N–H and O–H groups in total. The van der Waals surface area contributed by atoms with Gasteiger partial charge in [-0.25, -0.2) is 0 Å². The largest absolute Gasteiger partial charge is 0.385 e. The predicted molar refractivity (Wildman–Crippen MR) is 89.5 cm³/mol. The molecule has 3 atom stereocenters. The molecule has 21 heavy (non-hydrogen) atoms. The van der Waals surface area contributed by atoms with Gasteiger partial charge in [0.25, 0.3) is 0 Å². The molecular weight excluding hydrogens is 260 g/mol. The Bertz CT molecular complexity index is 275. The number of ketones is 1. The van der Waals surface area contributed by atoms with E-state index in [2.05, 4.69) is 13.8 Å². The third-order valence-electron chi connectivity index (χ3n) is 5.20. The quantitative estimate of drug-likeness (QED) is 0.451. The Morgan fingerprint density at radius 2 is 1.71 bits per heavy atom. The monoisotopic (exact) mass is 296 g/mol. The lowest BCUT2D eigenvalue weighted by Gasteiger charge is -2.21. The molecule has 1 aliphatic carbocycles. The molecule has 0 aliphatic heterocycles. The van der Waals surface area contributed by atoms with Gasteiger partial charge in [0.05, 0.1) is 0 Å². The number of hydrogen-bond acceptors (Lipinski definition) is 2. The number of methoxy groups -OCH3 is 1. The van der Waals surface area contributed by atoms with Crippen molar-refractivity contribution in [2.75, 3.05) is 13.7 Å². The van der Waals surface area contributed by atoms with Crippen molar-refractivity contribution in [2.45, 2.75) is 84.5 Å². The van der Waals surface area contributed by atoms with E-state index in [1.54, 1.807) is 7.11 Å². The fourth-order valence-corrected chi connectivity index (χ4v) is 3.90. The standard InChI is InChI=1S/C19H36O2/c1-4-5-6-7-8-9-10-11-18(20)19-16(2)12-13-17(19)14-15-21-3/h16-17,19H,4-15H2,1-3H3. The van der Waals surface area contributed by atoms with Crippen molar-refractivity contribution in [2.24, 2.45) is 17.8 Å². The van der Waals surface area contributed by atoms with E-state index in [0.29, 0.717) is 23.5 Å². The second-order valence-corrected chi connectivity index (χ2v) is 6.96. The van der Waals surface area contributed by atoms with Gasteiger partial charge in [0, 0.05) is 26.1 Å². The van der Waals surface area contributed by atoms with Crippen molar-refractivity contribution >= 4 is 5.78 Å². The highest BCUT2D eigenvalue weighted by atomic mass is 16.5. The zero-order valence-electron chi connectivity index (χ0n) is 14.5. The first-order valence-electron chi connectivity index (χ1n) is 9.22. The molecule has 1 aliphatic rings. The van der Waals surface area contributed by atoms with Crippen LogP contribution in [0.1, 0.15) is 84.5 Å². The minimum Gasteiger partial charge on any atom is -0.385 e. The van der Waals surface area contributed by atoms with Crippen LogP contribution in [0.2, 0.25) is 0 Å². The van der Waals surface area contributed by atoms with E-state index in [1.165, 1.54) is 51.4 Å². The summed E-state index contributed by atoms with van der Waals surface area (Å²) in [6.07, 6.45) is 13.3. The van der Waals surface area contributed by atoms with E-state index in [1.807, 2.05) is 0 Å². The van der Waals surface area contributed by atoms with Crippen molar-refractivity contribution in [3.8, 4) is 0 Å². The molecule has 1 saturated carbocycles. The van der Waals surface area contributed by atoms with Crippen LogP contribution < -0.4 is 0 Å².